The minimum atomic E-state index is -0.327. The molecule has 4 nitrogen and oxygen atoms in total. The van der Waals surface area contributed by atoms with Crippen LogP contribution >= 0.6 is 0 Å². The monoisotopic (exact) mass is 287 g/mol. The third-order valence-corrected chi connectivity index (χ3v) is 3.05. The molecule has 0 fully saturated rings. The number of hydrogen-bond acceptors (Lipinski definition) is 3. The number of aryl methyl sites for hydroxylation is 1. The quantitative estimate of drug-likeness (QED) is 0.889. The summed E-state index contributed by atoms with van der Waals surface area (Å²) < 4.78 is 13.5. The van der Waals surface area contributed by atoms with Crippen molar-refractivity contribution in [2.24, 2.45) is 0 Å². The number of nitrogens with zero attached hydrogens (tertiary/aromatic N) is 1. The molecule has 0 aliphatic heterocycles. The van der Waals surface area contributed by atoms with E-state index in [1.165, 1.54) is 12.3 Å². The lowest BCUT2D eigenvalue weighted by atomic mass is 10.1. The van der Waals surface area contributed by atoms with Crippen LogP contribution in [0.4, 0.5) is 10.1 Å². The Morgan fingerprint density at radius 1 is 1.33 bits per heavy atom. The van der Waals surface area contributed by atoms with Gasteiger partial charge in [0.25, 0.3) is 5.91 Å². The second-order valence-electron chi connectivity index (χ2n) is 4.68. The number of carbonyl (C=O) groups is 1. The second kappa shape index (κ2) is 6.83. The van der Waals surface area contributed by atoms with Crippen molar-refractivity contribution < 1.29 is 9.18 Å². The summed E-state index contributed by atoms with van der Waals surface area (Å²) in [6.45, 7) is 4.67. The largest absolute Gasteiger partial charge is 0.385 e. The maximum absolute atomic E-state index is 13.5. The lowest BCUT2D eigenvalue weighted by Crippen LogP contribution is -2.24. The Labute approximate surface area is 123 Å². The van der Waals surface area contributed by atoms with Crippen LogP contribution in [0.5, 0.6) is 0 Å². The van der Waals surface area contributed by atoms with Crippen LogP contribution in [0.1, 0.15) is 28.5 Å². The van der Waals surface area contributed by atoms with E-state index in [0.717, 1.165) is 11.4 Å². The van der Waals surface area contributed by atoms with Crippen molar-refractivity contribution in [3.63, 3.8) is 0 Å². The fourth-order valence-electron chi connectivity index (χ4n) is 1.99. The summed E-state index contributed by atoms with van der Waals surface area (Å²) in [6, 6.07) is 8.20. The van der Waals surface area contributed by atoms with Crippen molar-refractivity contribution in [1.29, 1.82) is 0 Å². The van der Waals surface area contributed by atoms with E-state index in [1.54, 1.807) is 18.2 Å². The van der Waals surface area contributed by atoms with Crippen molar-refractivity contribution in [2.45, 2.75) is 20.4 Å². The molecule has 1 amide bonds. The zero-order chi connectivity index (χ0) is 15.2. The maximum atomic E-state index is 13.5. The van der Waals surface area contributed by atoms with Crippen LogP contribution < -0.4 is 10.6 Å². The summed E-state index contributed by atoms with van der Waals surface area (Å²) in [4.78, 5) is 16.4. The normalized spacial score (nSPS) is 10.2. The highest BCUT2D eigenvalue weighted by molar-refractivity contribution is 5.99. The highest BCUT2D eigenvalue weighted by Gasteiger charge is 2.12. The fraction of sp³-hybridized carbons (Fsp3) is 0.250. The number of anilines is 1. The van der Waals surface area contributed by atoms with Gasteiger partial charge in [-0.15, -0.1) is 0 Å². The van der Waals surface area contributed by atoms with Gasteiger partial charge in [0.2, 0.25) is 0 Å². The molecule has 1 heterocycles. The van der Waals surface area contributed by atoms with Crippen molar-refractivity contribution in [1.82, 2.24) is 10.3 Å². The zero-order valence-electron chi connectivity index (χ0n) is 12.1. The van der Waals surface area contributed by atoms with Crippen molar-refractivity contribution in [3.05, 3.63) is 59.2 Å². The van der Waals surface area contributed by atoms with E-state index in [1.807, 2.05) is 19.9 Å². The van der Waals surface area contributed by atoms with E-state index in [-0.39, 0.29) is 18.3 Å². The van der Waals surface area contributed by atoms with Gasteiger partial charge in [-0.2, -0.15) is 0 Å². The molecule has 2 rings (SSSR count). The zero-order valence-corrected chi connectivity index (χ0v) is 12.1. The Morgan fingerprint density at radius 2 is 2.10 bits per heavy atom. The molecule has 1 aromatic carbocycles. The van der Waals surface area contributed by atoms with Crippen LogP contribution in [0.15, 0.2) is 36.5 Å². The van der Waals surface area contributed by atoms with Gasteiger partial charge < -0.3 is 10.6 Å². The van der Waals surface area contributed by atoms with Gasteiger partial charge in [-0.3, -0.25) is 9.78 Å². The topological polar surface area (TPSA) is 54.0 Å². The molecule has 110 valence electrons. The fourth-order valence-corrected chi connectivity index (χ4v) is 1.99. The van der Waals surface area contributed by atoms with E-state index in [2.05, 4.69) is 15.6 Å². The Kier molecular flexibility index (Phi) is 4.87. The number of pyridine rings is 1. The van der Waals surface area contributed by atoms with Crippen LogP contribution in [-0.2, 0) is 6.54 Å². The second-order valence-corrected chi connectivity index (χ2v) is 4.68. The third kappa shape index (κ3) is 3.78. The molecular formula is C16H18FN3O. The Hall–Kier alpha value is -2.43. The first-order chi connectivity index (χ1) is 10.1. The summed E-state index contributed by atoms with van der Waals surface area (Å²) in [6.07, 6.45) is 1.53. The number of carbonyl (C=O) groups excluding carboxylic acids is 1. The molecule has 0 unspecified atom stereocenters. The first-order valence-corrected chi connectivity index (χ1v) is 6.84. The molecule has 21 heavy (non-hydrogen) atoms. The van der Waals surface area contributed by atoms with Crippen molar-refractivity contribution >= 4 is 11.6 Å². The van der Waals surface area contributed by atoms with Crippen LogP contribution in [0, 0.1) is 12.7 Å². The molecule has 1 aromatic heterocycles. The summed E-state index contributed by atoms with van der Waals surface area (Å²) in [7, 11) is 0. The van der Waals surface area contributed by atoms with E-state index in [0.29, 0.717) is 17.7 Å². The van der Waals surface area contributed by atoms with Gasteiger partial charge in [0.05, 0.1) is 11.3 Å². The van der Waals surface area contributed by atoms with Gasteiger partial charge in [-0.25, -0.2) is 4.39 Å². The Morgan fingerprint density at radius 3 is 2.81 bits per heavy atom. The van der Waals surface area contributed by atoms with Crippen LogP contribution in [0.2, 0.25) is 0 Å². The van der Waals surface area contributed by atoms with Crippen LogP contribution in [0.3, 0.4) is 0 Å². The molecule has 0 saturated heterocycles. The average Bonchev–Trinajstić information content (AvgIpc) is 2.46. The highest BCUT2D eigenvalue weighted by atomic mass is 19.1. The molecule has 0 atom stereocenters. The molecular weight excluding hydrogens is 269 g/mol. The minimum absolute atomic E-state index is 0.144. The molecule has 2 aromatic rings. The number of nitrogens with one attached hydrogen (secondary N) is 2. The van der Waals surface area contributed by atoms with Crippen molar-refractivity contribution in [2.75, 3.05) is 11.9 Å². The molecule has 0 saturated carbocycles. The van der Waals surface area contributed by atoms with Gasteiger partial charge in [-0.1, -0.05) is 18.2 Å². The van der Waals surface area contributed by atoms with Gasteiger partial charge >= 0.3 is 0 Å². The van der Waals surface area contributed by atoms with E-state index in [4.69, 9.17) is 0 Å². The summed E-state index contributed by atoms with van der Waals surface area (Å²) in [5.41, 5.74) is 2.47. The number of benzene rings is 1. The lowest BCUT2D eigenvalue weighted by molar-refractivity contribution is 0.0951. The molecule has 0 radical (unpaired) electrons. The number of aromatic nitrogens is 1. The number of rotatable bonds is 5. The molecule has 5 heteroatoms. The van der Waals surface area contributed by atoms with Gasteiger partial charge in [0.15, 0.2) is 0 Å². The highest BCUT2D eigenvalue weighted by Crippen LogP contribution is 2.16. The van der Waals surface area contributed by atoms with Gasteiger partial charge in [0.1, 0.15) is 5.82 Å². The standard InChI is InChI=1S/C16H18FN3O/c1-3-18-15-8-11(2)19-10-13(15)16(21)20-9-12-6-4-5-7-14(12)17/h4-8,10H,3,9H2,1-2H3,(H,18,19)(H,20,21). The molecule has 2 N–H and O–H groups in total. The SMILES string of the molecule is CCNc1cc(C)ncc1C(=O)NCc1ccccc1F. The van der Waals surface area contributed by atoms with Crippen LogP contribution in [0.25, 0.3) is 0 Å². The van der Waals surface area contributed by atoms with Crippen LogP contribution in [-0.4, -0.2) is 17.4 Å². The summed E-state index contributed by atoms with van der Waals surface area (Å²) >= 11 is 0. The molecule has 0 aliphatic carbocycles. The van der Waals surface area contributed by atoms with E-state index in [9.17, 15) is 9.18 Å². The Bertz CT molecular complexity index is 643. The first kappa shape index (κ1) is 15.0. The molecule has 0 spiro atoms. The number of halogens is 1. The van der Waals surface area contributed by atoms with Gasteiger partial charge in [0, 0.05) is 30.5 Å². The van der Waals surface area contributed by atoms with E-state index < -0.39 is 0 Å². The maximum Gasteiger partial charge on any atom is 0.255 e. The van der Waals surface area contributed by atoms with Crippen molar-refractivity contribution in [3.8, 4) is 0 Å². The smallest absolute Gasteiger partial charge is 0.255 e. The third-order valence-electron chi connectivity index (χ3n) is 3.05. The minimum Gasteiger partial charge on any atom is -0.385 e. The predicted octanol–water partition coefficient (Wildman–Crippen LogP) is 2.89. The number of hydrogen-bond donors (Lipinski definition) is 2. The molecule has 0 bridgehead atoms. The van der Waals surface area contributed by atoms with E-state index >= 15 is 0 Å². The lowest BCUT2D eigenvalue weighted by Gasteiger charge is -2.11. The first-order valence-electron chi connectivity index (χ1n) is 6.84. The Balaban J connectivity index is 2.12. The predicted molar refractivity (Wildman–Crippen MR) is 80.7 cm³/mol. The number of amides is 1. The molecule has 0 aliphatic rings. The van der Waals surface area contributed by atoms with Gasteiger partial charge in [-0.05, 0) is 26.0 Å². The summed E-state index contributed by atoms with van der Waals surface area (Å²) in [5, 5.41) is 5.85. The summed E-state index contributed by atoms with van der Waals surface area (Å²) in [5.74, 6) is -0.603. The average molecular weight is 287 g/mol.